The molecule has 28 heavy (non-hydrogen) atoms. The van der Waals surface area contributed by atoms with Crippen molar-refractivity contribution in [3.05, 3.63) is 27.1 Å². The highest BCUT2D eigenvalue weighted by Gasteiger charge is 2.48. The normalized spacial score (nSPS) is 22.0. The van der Waals surface area contributed by atoms with Gasteiger partial charge in [0.05, 0.1) is 17.5 Å². The maximum Gasteiger partial charge on any atom is 0.326 e. The van der Waals surface area contributed by atoms with Crippen molar-refractivity contribution in [2.45, 2.75) is 45.6 Å². The van der Waals surface area contributed by atoms with Crippen LogP contribution in [0.1, 0.15) is 43.3 Å². The molecular formula is C18H20N4O5S. The van der Waals surface area contributed by atoms with Crippen LogP contribution in [0.25, 0.3) is 4.96 Å². The van der Waals surface area contributed by atoms with E-state index in [9.17, 15) is 19.2 Å². The van der Waals surface area contributed by atoms with Crippen molar-refractivity contribution in [1.29, 1.82) is 0 Å². The molecule has 1 aliphatic heterocycles. The van der Waals surface area contributed by atoms with Gasteiger partial charge in [-0.15, -0.1) is 0 Å². The van der Waals surface area contributed by atoms with Crippen LogP contribution in [-0.4, -0.2) is 43.8 Å². The number of hydrogen-bond acceptors (Lipinski definition) is 8. The molecule has 2 aromatic rings. The molecule has 1 saturated heterocycles. The standard InChI is InChI=1S/C18H20N4O5S/c1-2-13-20-22-14(23)7-10(19-18(22)28-13)9-27-15(24)8-21-16(25)11-5-3-4-6-12(11)17(21)26/h7,11-12H,2-6,8-9H2,1H3/t11-,12-/m1/s1. The Labute approximate surface area is 164 Å². The molecule has 0 unspecified atom stereocenters. The third kappa shape index (κ3) is 3.32. The highest BCUT2D eigenvalue weighted by molar-refractivity contribution is 7.16. The number of fused-ring (bicyclic) bond motifs is 2. The molecule has 3 heterocycles. The van der Waals surface area contributed by atoms with E-state index in [0.717, 1.165) is 22.7 Å². The lowest BCUT2D eigenvalue weighted by molar-refractivity contribution is -0.153. The van der Waals surface area contributed by atoms with Crippen molar-refractivity contribution in [2.75, 3.05) is 6.54 Å². The molecule has 0 bridgehead atoms. The predicted octanol–water partition coefficient (Wildman–Crippen LogP) is 0.932. The molecule has 0 aromatic carbocycles. The molecular weight excluding hydrogens is 384 g/mol. The van der Waals surface area contributed by atoms with Crippen LogP contribution >= 0.6 is 11.3 Å². The molecule has 2 atom stereocenters. The third-order valence-electron chi connectivity index (χ3n) is 5.24. The molecule has 2 aliphatic rings. The second-order valence-corrected chi connectivity index (χ2v) is 8.09. The number of hydrogen-bond donors (Lipinski definition) is 0. The number of aromatic nitrogens is 3. The Morgan fingerprint density at radius 1 is 1.21 bits per heavy atom. The number of rotatable bonds is 5. The highest BCUT2D eigenvalue weighted by atomic mass is 32.1. The van der Waals surface area contributed by atoms with Gasteiger partial charge in [0, 0.05) is 6.07 Å². The number of ether oxygens (including phenoxy) is 1. The van der Waals surface area contributed by atoms with Gasteiger partial charge in [-0.3, -0.25) is 24.1 Å². The first-order chi connectivity index (χ1) is 13.5. The molecule has 1 aliphatic carbocycles. The average molecular weight is 404 g/mol. The van der Waals surface area contributed by atoms with E-state index in [4.69, 9.17) is 4.74 Å². The van der Waals surface area contributed by atoms with Crippen LogP contribution in [0.5, 0.6) is 0 Å². The summed E-state index contributed by atoms with van der Waals surface area (Å²) >= 11 is 1.30. The Kier molecular flexibility index (Phi) is 4.96. The first kappa shape index (κ1) is 18.7. The molecule has 2 fully saturated rings. The monoisotopic (exact) mass is 404 g/mol. The Balaban J connectivity index is 1.41. The Bertz CT molecular complexity index is 989. The van der Waals surface area contributed by atoms with E-state index in [1.54, 1.807) is 0 Å². The lowest BCUT2D eigenvalue weighted by atomic mass is 9.81. The Morgan fingerprint density at radius 3 is 2.54 bits per heavy atom. The van der Waals surface area contributed by atoms with Crippen molar-refractivity contribution in [3.8, 4) is 0 Å². The highest BCUT2D eigenvalue weighted by Crippen LogP contribution is 2.37. The summed E-state index contributed by atoms with van der Waals surface area (Å²) in [6, 6.07) is 1.26. The van der Waals surface area contributed by atoms with E-state index in [2.05, 4.69) is 10.1 Å². The quantitative estimate of drug-likeness (QED) is 0.538. The zero-order valence-electron chi connectivity index (χ0n) is 15.4. The number of amides is 2. The van der Waals surface area contributed by atoms with Gasteiger partial charge in [-0.1, -0.05) is 31.1 Å². The Morgan fingerprint density at radius 2 is 1.89 bits per heavy atom. The number of carbonyl (C=O) groups excluding carboxylic acids is 3. The van der Waals surface area contributed by atoms with Gasteiger partial charge >= 0.3 is 5.97 Å². The average Bonchev–Trinajstić information content (AvgIpc) is 3.22. The maximum atomic E-state index is 12.4. The summed E-state index contributed by atoms with van der Waals surface area (Å²) < 4.78 is 6.39. The molecule has 148 valence electrons. The summed E-state index contributed by atoms with van der Waals surface area (Å²) in [6.07, 6.45) is 3.95. The van der Waals surface area contributed by atoms with Gasteiger partial charge in [0.2, 0.25) is 16.8 Å². The molecule has 0 radical (unpaired) electrons. The summed E-state index contributed by atoms with van der Waals surface area (Å²) in [5.41, 5.74) is -0.0432. The second-order valence-electron chi connectivity index (χ2n) is 7.05. The minimum absolute atomic E-state index is 0.201. The third-order valence-corrected chi connectivity index (χ3v) is 6.30. The minimum atomic E-state index is -0.694. The van der Waals surface area contributed by atoms with Gasteiger partial charge in [0.25, 0.3) is 5.56 Å². The van der Waals surface area contributed by atoms with Crippen molar-refractivity contribution >= 4 is 34.1 Å². The van der Waals surface area contributed by atoms with Crippen LogP contribution in [0.3, 0.4) is 0 Å². The van der Waals surface area contributed by atoms with Crippen LogP contribution in [0.2, 0.25) is 0 Å². The van der Waals surface area contributed by atoms with Crippen LogP contribution in [0.4, 0.5) is 0 Å². The smallest absolute Gasteiger partial charge is 0.326 e. The van der Waals surface area contributed by atoms with Crippen molar-refractivity contribution in [3.63, 3.8) is 0 Å². The van der Waals surface area contributed by atoms with Gasteiger partial charge in [-0.2, -0.15) is 9.61 Å². The van der Waals surface area contributed by atoms with E-state index in [0.29, 0.717) is 29.9 Å². The van der Waals surface area contributed by atoms with Gasteiger partial charge in [0.15, 0.2) is 0 Å². The summed E-state index contributed by atoms with van der Waals surface area (Å²) in [5.74, 6) is -1.84. The summed E-state index contributed by atoms with van der Waals surface area (Å²) in [4.78, 5) is 54.9. The fourth-order valence-corrected chi connectivity index (χ4v) is 4.69. The van der Waals surface area contributed by atoms with Crippen LogP contribution in [0, 0.1) is 11.8 Å². The number of nitrogens with zero attached hydrogens (tertiary/aromatic N) is 4. The first-order valence-corrected chi connectivity index (χ1v) is 10.2. The number of likely N-dealkylation sites (tertiary alicyclic amines) is 1. The van der Waals surface area contributed by atoms with Crippen molar-refractivity contribution in [2.24, 2.45) is 11.8 Å². The van der Waals surface area contributed by atoms with Crippen molar-refractivity contribution < 1.29 is 19.1 Å². The van der Waals surface area contributed by atoms with Crippen LogP contribution in [-0.2, 0) is 32.1 Å². The predicted molar refractivity (Wildman–Crippen MR) is 98.5 cm³/mol. The molecule has 0 spiro atoms. The number of aryl methyl sites for hydroxylation is 1. The molecule has 10 heteroatoms. The van der Waals surface area contributed by atoms with E-state index >= 15 is 0 Å². The zero-order chi connectivity index (χ0) is 19.8. The molecule has 2 aromatic heterocycles. The first-order valence-electron chi connectivity index (χ1n) is 9.37. The SMILES string of the molecule is CCc1nn2c(=O)cc(COC(=O)CN3C(=O)[C@@H]4CCCC[C@H]4C3=O)nc2s1. The topological polar surface area (TPSA) is 111 Å². The minimum Gasteiger partial charge on any atom is -0.458 e. The van der Waals surface area contributed by atoms with Crippen molar-refractivity contribution in [1.82, 2.24) is 19.5 Å². The molecule has 4 rings (SSSR count). The Hall–Kier alpha value is -2.62. The number of imide groups is 1. The van der Waals surface area contributed by atoms with E-state index in [1.165, 1.54) is 21.9 Å². The van der Waals surface area contributed by atoms with E-state index in [1.807, 2.05) is 6.92 Å². The lowest BCUT2D eigenvalue weighted by Gasteiger charge is -2.19. The fraction of sp³-hybridized carbons (Fsp3) is 0.556. The second kappa shape index (κ2) is 7.42. The number of esters is 1. The fourth-order valence-electron chi connectivity index (χ4n) is 3.83. The molecule has 2 amide bonds. The van der Waals surface area contributed by atoms with Gasteiger partial charge < -0.3 is 4.74 Å². The van der Waals surface area contributed by atoms with Gasteiger partial charge in [0.1, 0.15) is 18.2 Å². The van der Waals surface area contributed by atoms with E-state index in [-0.39, 0.29) is 35.8 Å². The molecule has 9 nitrogen and oxygen atoms in total. The summed E-state index contributed by atoms with van der Waals surface area (Å²) in [7, 11) is 0. The lowest BCUT2D eigenvalue weighted by Crippen LogP contribution is -2.36. The maximum absolute atomic E-state index is 12.4. The summed E-state index contributed by atoms with van der Waals surface area (Å²) in [5, 5.41) is 4.94. The molecule has 0 N–H and O–H groups in total. The zero-order valence-corrected chi connectivity index (χ0v) is 16.2. The van der Waals surface area contributed by atoms with E-state index < -0.39 is 12.5 Å². The van der Waals surface area contributed by atoms with Gasteiger partial charge in [-0.05, 0) is 19.3 Å². The molecule has 1 saturated carbocycles. The largest absolute Gasteiger partial charge is 0.458 e. The van der Waals surface area contributed by atoms with Crippen LogP contribution in [0.15, 0.2) is 10.9 Å². The van der Waals surface area contributed by atoms with Crippen LogP contribution < -0.4 is 5.56 Å². The van der Waals surface area contributed by atoms with Gasteiger partial charge in [-0.25, -0.2) is 4.98 Å². The number of carbonyl (C=O) groups is 3. The summed E-state index contributed by atoms with van der Waals surface area (Å²) in [6.45, 7) is 1.34.